The van der Waals surface area contributed by atoms with Crippen LogP contribution in [0.25, 0.3) is 0 Å². The van der Waals surface area contributed by atoms with Crippen molar-refractivity contribution in [2.75, 3.05) is 24.3 Å². The summed E-state index contributed by atoms with van der Waals surface area (Å²) in [7, 11) is 1.59. The number of nitrogens with zero attached hydrogens (tertiary/aromatic N) is 2. The molecule has 144 valence electrons. The molecule has 0 bridgehead atoms. The third kappa shape index (κ3) is 5.26. The van der Waals surface area contributed by atoms with Crippen LogP contribution in [0.4, 0.5) is 16.0 Å². The smallest absolute Gasteiger partial charge is 0.274 e. The second-order valence-electron chi connectivity index (χ2n) is 6.20. The number of carbonyl (C=O) groups is 1. The van der Waals surface area contributed by atoms with E-state index in [-0.39, 0.29) is 17.4 Å². The molecule has 28 heavy (non-hydrogen) atoms. The predicted molar refractivity (Wildman–Crippen MR) is 106 cm³/mol. The summed E-state index contributed by atoms with van der Waals surface area (Å²) in [5.74, 6) is 0.508. The maximum absolute atomic E-state index is 13.0. The fourth-order valence-electron chi connectivity index (χ4n) is 2.60. The van der Waals surface area contributed by atoms with Crippen molar-refractivity contribution in [3.05, 3.63) is 77.4 Å². The van der Waals surface area contributed by atoms with Crippen molar-refractivity contribution in [2.24, 2.45) is 0 Å². The van der Waals surface area contributed by atoms with Crippen LogP contribution in [0.2, 0.25) is 0 Å². The Labute approximate surface area is 162 Å². The molecule has 0 saturated heterocycles. The van der Waals surface area contributed by atoms with Crippen molar-refractivity contribution in [1.29, 1.82) is 0 Å². The van der Waals surface area contributed by atoms with Crippen LogP contribution in [0.1, 0.15) is 21.7 Å². The first-order valence-corrected chi connectivity index (χ1v) is 8.83. The predicted octanol–water partition coefficient (Wildman–Crippen LogP) is 3.84. The Hall–Kier alpha value is -3.48. The van der Waals surface area contributed by atoms with Gasteiger partial charge in [-0.05, 0) is 61.4 Å². The molecule has 7 heteroatoms. The van der Waals surface area contributed by atoms with Crippen molar-refractivity contribution in [3.63, 3.8) is 0 Å². The van der Waals surface area contributed by atoms with E-state index in [0.717, 1.165) is 5.56 Å². The third-order valence-electron chi connectivity index (χ3n) is 4.04. The number of nitrogens with one attached hydrogen (secondary N) is 2. The Kier molecular flexibility index (Phi) is 6.16. The summed E-state index contributed by atoms with van der Waals surface area (Å²) in [6.07, 6.45) is 0.685. The molecule has 0 aliphatic heterocycles. The molecule has 0 spiro atoms. The summed E-state index contributed by atoms with van der Waals surface area (Å²) >= 11 is 0. The molecule has 1 aromatic heterocycles. The molecule has 2 N–H and O–H groups in total. The molecular formula is C21H21FN4O2. The quantitative estimate of drug-likeness (QED) is 0.651. The summed E-state index contributed by atoms with van der Waals surface area (Å²) in [5, 5.41) is 5.91. The summed E-state index contributed by atoms with van der Waals surface area (Å²) < 4.78 is 18.1. The molecule has 0 saturated carbocycles. The SMILES string of the molecule is COc1ccc(NC(=O)c2cc(C)nc(NCCc3ccc(F)cc3)n2)cc1. The van der Waals surface area contributed by atoms with E-state index in [4.69, 9.17) is 4.74 Å². The molecule has 2 aromatic carbocycles. The van der Waals surface area contributed by atoms with Gasteiger partial charge >= 0.3 is 0 Å². The van der Waals surface area contributed by atoms with E-state index in [1.807, 2.05) is 0 Å². The Balaban J connectivity index is 1.62. The Morgan fingerprint density at radius 2 is 1.79 bits per heavy atom. The van der Waals surface area contributed by atoms with E-state index in [0.29, 0.717) is 36.0 Å². The molecule has 1 amide bonds. The summed E-state index contributed by atoms with van der Waals surface area (Å²) in [6.45, 7) is 2.37. The van der Waals surface area contributed by atoms with Crippen molar-refractivity contribution < 1.29 is 13.9 Å². The van der Waals surface area contributed by atoms with Crippen LogP contribution in [0, 0.1) is 12.7 Å². The van der Waals surface area contributed by atoms with Crippen LogP contribution in [-0.2, 0) is 6.42 Å². The monoisotopic (exact) mass is 380 g/mol. The number of anilines is 2. The molecule has 0 fully saturated rings. The van der Waals surface area contributed by atoms with Gasteiger partial charge in [-0.1, -0.05) is 12.1 Å². The highest BCUT2D eigenvalue weighted by Gasteiger charge is 2.11. The van der Waals surface area contributed by atoms with Gasteiger partial charge in [0.25, 0.3) is 5.91 Å². The lowest BCUT2D eigenvalue weighted by Gasteiger charge is -2.09. The van der Waals surface area contributed by atoms with Crippen LogP contribution < -0.4 is 15.4 Å². The van der Waals surface area contributed by atoms with Gasteiger partial charge in [0, 0.05) is 17.9 Å². The van der Waals surface area contributed by atoms with Crippen LogP contribution in [-0.4, -0.2) is 29.5 Å². The average Bonchev–Trinajstić information content (AvgIpc) is 2.69. The lowest BCUT2D eigenvalue weighted by molar-refractivity contribution is 0.102. The fraction of sp³-hybridized carbons (Fsp3) is 0.190. The molecule has 1 heterocycles. The first-order valence-electron chi connectivity index (χ1n) is 8.83. The first kappa shape index (κ1) is 19.3. The van der Waals surface area contributed by atoms with E-state index in [9.17, 15) is 9.18 Å². The van der Waals surface area contributed by atoms with Gasteiger partial charge in [0.15, 0.2) is 0 Å². The van der Waals surface area contributed by atoms with Crippen LogP contribution in [0.3, 0.4) is 0 Å². The van der Waals surface area contributed by atoms with Crippen molar-refractivity contribution in [1.82, 2.24) is 9.97 Å². The van der Waals surface area contributed by atoms with Crippen molar-refractivity contribution in [3.8, 4) is 5.75 Å². The number of hydrogen-bond acceptors (Lipinski definition) is 5. The minimum Gasteiger partial charge on any atom is -0.497 e. The number of aromatic nitrogens is 2. The van der Waals surface area contributed by atoms with E-state index >= 15 is 0 Å². The minimum atomic E-state index is -0.322. The zero-order valence-electron chi connectivity index (χ0n) is 15.7. The molecule has 3 aromatic rings. The second-order valence-corrected chi connectivity index (χ2v) is 6.20. The number of methoxy groups -OCH3 is 1. The van der Waals surface area contributed by atoms with E-state index in [2.05, 4.69) is 20.6 Å². The zero-order valence-corrected chi connectivity index (χ0v) is 15.7. The van der Waals surface area contributed by atoms with Gasteiger partial charge < -0.3 is 15.4 Å². The number of halogens is 1. The van der Waals surface area contributed by atoms with Gasteiger partial charge in [-0.25, -0.2) is 14.4 Å². The van der Waals surface area contributed by atoms with Gasteiger partial charge in [-0.2, -0.15) is 0 Å². The molecule has 6 nitrogen and oxygen atoms in total. The number of hydrogen-bond donors (Lipinski definition) is 2. The van der Waals surface area contributed by atoms with Crippen LogP contribution in [0.15, 0.2) is 54.6 Å². The number of amides is 1. The van der Waals surface area contributed by atoms with Gasteiger partial charge in [0.05, 0.1) is 7.11 Å². The van der Waals surface area contributed by atoms with Crippen molar-refractivity contribution in [2.45, 2.75) is 13.3 Å². The number of carbonyl (C=O) groups excluding carboxylic acids is 1. The van der Waals surface area contributed by atoms with Crippen molar-refractivity contribution >= 4 is 17.5 Å². The Morgan fingerprint density at radius 1 is 1.07 bits per heavy atom. The molecule has 0 unspecified atom stereocenters. The van der Waals surface area contributed by atoms with Gasteiger partial charge in [0.2, 0.25) is 5.95 Å². The second kappa shape index (κ2) is 8.94. The zero-order chi connectivity index (χ0) is 19.9. The van der Waals surface area contributed by atoms with Crippen LogP contribution in [0.5, 0.6) is 5.75 Å². The number of benzene rings is 2. The minimum absolute atomic E-state index is 0.258. The molecule has 0 radical (unpaired) electrons. The molecule has 0 atom stereocenters. The van der Waals surface area contributed by atoms with E-state index in [1.165, 1.54) is 12.1 Å². The summed E-state index contributed by atoms with van der Waals surface area (Å²) in [6, 6.07) is 15.0. The number of aryl methyl sites for hydroxylation is 1. The van der Waals surface area contributed by atoms with Gasteiger partial charge in [0.1, 0.15) is 17.3 Å². The lowest BCUT2D eigenvalue weighted by Crippen LogP contribution is -2.16. The fourth-order valence-corrected chi connectivity index (χ4v) is 2.60. The average molecular weight is 380 g/mol. The van der Waals surface area contributed by atoms with Gasteiger partial charge in [-0.3, -0.25) is 4.79 Å². The molecule has 0 aliphatic rings. The van der Waals surface area contributed by atoms with Gasteiger partial charge in [-0.15, -0.1) is 0 Å². The topological polar surface area (TPSA) is 76.1 Å². The highest BCUT2D eigenvalue weighted by atomic mass is 19.1. The number of ether oxygens (including phenoxy) is 1. The van der Waals surface area contributed by atoms with Crippen LogP contribution >= 0.6 is 0 Å². The highest BCUT2D eigenvalue weighted by molar-refractivity contribution is 6.03. The Morgan fingerprint density at radius 3 is 2.46 bits per heavy atom. The highest BCUT2D eigenvalue weighted by Crippen LogP contribution is 2.16. The Bertz CT molecular complexity index is 944. The largest absolute Gasteiger partial charge is 0.497 e. The molecular weight excluding hydrogens is 359 g/mol. The van der Waals surface area contributed by atoms with E-state index < -0.39 is 0 Å². The maximum atomic E-state index is 13.0. The summed E-state index contributed by atoms with van der Waals surface area (Å²) in [4.78, 5) is 21.1. The number of rotatable bonds is 7. The third-order valence-corrected chi connectivity index (χ3v) is 4.04. The summed E-state index contributed by atoms with van der Waals surface area (Å²) in [5.41, 5.74) is 2.60. The maximum Gasteiger partial charge on any atom is 0.274 e. The first-order chi connectivity index (χ1) is 13.5. The van der Waals surface area contributed by atoms with E-state index in [1.54, 1.807) is 56.5 Å². The normalized spacial score (nSPS) is 10.4. The molecule has 0 aliphatic carbocycles. The lowest BCUT2D eigenvalue weighted by atomic mass is 10.1. The standard InChI is InChI=1S/C21H21FN4O2/c1-14-13-19(20(27)25-17-7-9-18(28-2)10-8-17)26-21(24-14)23-12-11-15-3-5-16(22)6-4-15/h3-10,13H,11-12H2,1-2H3,(H,25,27)(H,23,24,26). The molecule has 3 rings (SSSR count).